The topological polar surface area (TPSA) is 53.6 Å². The molecule has 0 saturated heterocycles. The van der Waals surface area contributed by atoms with Gasteiger partial charge in [0.15, 0.2) is 0 Å². The smallest absolute Gasteiger partial charge is 0.0901 e. The number of aryl methyl sites for hydroxylation is 2. The average molecular weight is 298 g/mol. The number of thiazole rings is 1. The molecule has 0 saturated carbocycles. The van der Waals surface area contributed by atoms with Gasteiger partial charge >= 0.3 is 0 Å². The van der Waals surface area contributed by atoms with Gasteiger partial charge in [-0.2, -0.15) is 5.10 Å². The van der Waals surface area contributed by atoms with Crippen LogP contribution in [0, 0.1) is 13.8 Å². The Morgan fingerprint density at radius 3 is 2.48 bits per heavy atom. The zero-order valence-electron chi connectivity index (χ0n) is 12.3. The molecule has 0 aliphatic rings. The van der Waals surface area contributed by atoms with Crippen molar-refractivity contribution >= 4 is 17.0 Å². The number of anilines is 1. The Morgan fingerprint density at radius 1 is 1.14 bits per heavy atom. The number of nitrogens with one attached hydrogen (secondary N) is 2. The van der Waals surface area contributed by atoms with Gasteiger partial charge in [-0.15, -0.1) is 11.3 Å². The number of nitrogens with zero attached hydrogens (tertiary/aromatic N) is 2. The van der Waals surface area contributed by atoms with Crippen molar-refractivity contribution in [2.24, 2.45) is 0 Å². The lowest BCUT2D eigenvalue weighted by Gasteiger charge is -2.14. The highest BCUT2D eigenvalue weighted by Gasteiger charge is 2.12. The Kier molecular flexibility index (Phi) is 3.75. The lowest BCUT2D eigenvalue weighted by Crippen LogP contribution is -2.08. The summed E-state index contributed by atoms with van der Waals surface area (Å²) in [5.74, 6) is 0. The first kappa shape index (κ1) is 13.8. The molecule has 108 valence electrons. The van der Waals surface area contributed by atoms with Crippen LogP contribution in [0.1, 0.15) is 28.5 Å². The minimum Gasteiger partial charge on any atom is -0.377 e. The summed E-state index contributed by atoms with van der Waals surface area (Å²) < 4.78 is 0. The van der Waals surface area contributed by atoms with Gasteiger partial charge in [-0.05, 0) is 44.5 Å². The van der Waals surface area contributed by atoms with E-state index in [1.807, 2.05) is 13.0 Å². The van der Waals surface area contributed by atoms with E-state index in [4.69, 9.17) is 0 Å². The summed E-state index contributed by atoms with van der Waals surface area (Å²) >= 11 is 1.75. The number of H-pyrrole nitrogens is 1. The number of aromatic nitrogens is 3. The maximum absolute atomic E-state index is 4.61. The Morgan fingerprint density at radius 2 is 1.90 bits per heavy atom. The summed E-state index contributed by atoms with van der Waals surface area (Å²) in [5.41, 5.74) is 4.39. The van der Waals surface area contributed by atoms with Gasteiger partial charge in [0.1, 0.15) is 0 Å². The Hall–Kier alpha value is -2.14. The molecule has 0 radical (unpaired) electrons. The number of hydrogen-bond acceptors (Lipinski definition) is 4. The molecular weight excluding hydrogens is 280 g/mol. The summed E-state index contributed by atoms with van der Waals surface area (Å²) in [6, 6.07) is 10.5. The molecule has 5 heteroatoms. The van der Waals surface area contributed by atoms with Crippen LogP contribution in [0.15, 0.2) is 36.5 Å². The van der Waals surface area contributed by atoms with Gasteiger partial charge in [0.25, 0.3) is 0 Å². The Bertz CT molecular complexity index is 713. The number of aromatic amines is 1. The third-order valence-corrected chi connectivity index (χ3v) is 4.33. The summed E-state index contributed by atoms with van der Waals surface area (Å²) in [7, 11) is 0. The van der Waals surface area contributed by atoms with Crippen molar-refractivity contribution in [1.82, 2.24) is 15.2 Å². The van der Waals surface area contributed by atoms with E-state index < -0.39 is 0 Å². The predicted molar refractivity (Wildman–Crippen MR) is 87.6 cm³/mol. The van der Waals surface area contributed by atoms with E-state index in [0.29, 0.717) is 0 Å². The second-order valence-electron chi connectivity index (χ2n) is 5.09. The summed E-state index contributed by atoms with van der Waals surface area (Å²) in [4.78, 5) is 5.89. The highest BCUT2D eigenvalue weighted by Crippen LogP contribution is 2.26. The fourth-order valence-electron chi connectivity index (χ4n) is 2.43. The molecule has 0 bridgehead atoms. The maximum atomic E-state index is 4.61. The fourth-order valence-corrected chi connectivity index (χ4v) is 3.34. The van der Waals surface area contributed by atoms with Gasteiger partial charge in [0.05, 0.1) is 22.4 Å². The molecule has 2 heterocycles. The number of benzene rings is 1. The maximum Gasteiger partial charge on any atom is 0.0901 e. The molecule has 3 aromatic rings. The van der Waals surface area contributed by atoms with E-state index in [9.17, 15) is 0 Å². The van der Waals surface area contributed by atoms with Crippen LogP contribution in [0.4, 0.5) is 5.69 Å². The van der Waals surface area contributed by atoms with Crippen molar-refractivity contribution in [2.45, 2.75) is 26.8 Å². The van der Waals surface area contributed by atoms with Crippen LogP contribution in [0.2, 0.25) is 0 Å². The summed E-state index contributed by atoms with van der Waals surface area (Å²) in [5, 5.41) is 11.6. The molecule has 3 rings (SSSR count). The number of rotatable bonds is 4. The predicted octanol–water partition coefficient (Wildman–Crippen LogP) is 4.32. The van der Waals surface area contributed by atoms with Crippen LogP contribution in [0.3, 0.4) is 0 Å². The highest BCUT2D eigenvalue weighted by atomic mass is 32.1. The summed E-state index contributed by atoms with van der Waals surface area (Å²) in [6.45, 7) is 6.32. The van der Waals surface area contributed by atoms with Crippen molar-refractivity contribution < 1.29 is 0 Å². The Balaban J connectivity index is 1.74. The van der Waals surface area contributed by atoms with Crippen molar-refractivity contribution in [3.63, 3.8) is 0 Å². The van der Waals surface area contributed by atoms with Gasteiger partial charge < -0.3 is 5.32 Å². The monoisotopic (exact) mass is 298 g/mol. The van der Waals surface area contributed by atoms with Gasteiger partial charge in [0, 0.05) is 16.8 Å². The normalized spacial score (nSPS) is 12.3. The molecular formula is C16H18N4S. The largest absolute Gasteiger partial charge is 0.377 e. The molecule has 2 aromatic heterocycles. The van der Waals surface area contributed by atoms with E-state index in [1.165, 1.54) is 4.88 Å². The zero-order chi connectivity index (χ0) is 14.8. The third kappa shape index (κ3) is 2.97. The van der Waals surface area contributed by atoms with Crippen LogP contribution in [0.25, 0.3) is 11.3 Å². The molecule has 0 amide bonds. The zero-order valence-corrected chi connectivity index (χ0v) is 13.2. The second kappa shape index (κ2) is 5.69. The molecule has 1 aromatic carbocycles. The van der Waals surface area contributed by atoms with Gasteiger partial charge in [0.2, 0.25) is 0 Å². The van der Waals surface area contributed by atoms with Gasteiger partial charge in [-0.25, -0.2) is 4.98 Å². The van der Waals surface area contributed by atoms with Crippen LogP contribution < -0.4 is 5.32 Å². The van der Waals surface area contributed by atoms with Crippen molar-refractivity contribution in [2.75, 3.05) is 5.32 Å². The lowest BCUT2D eigenvalue weighted by molar-refractivity contribution is 0.837. The van der Waals surface area contributed by atoms with E-state index in [-0.39, 0.29) is 6.04 Å². The molecule has 0 spiro atoms. The highest BCUT2D eigenvalue weighted by molar-refractivity contribution is 7.11. The molecule has 1 atom stereocenters. The SMILES string of the molecule is Cc1nc(C(C)Nc2ccc(-c3ccn[nH]3)cc2)c(C)s1. The summed E-state index contributed by atoms with van der Waals surface area (Å²) in [6.07, 6.45) is 1.76. The van der Waals surface area contributed by atoms with E-state index >= 15 is 0 Å². The van der Waals surface area contributed by atoms with Crippen molar-refractivity contribution in [1.29, 1.82) is 0 Å². The standard InChI is InChI=1S/C16H18N4S/c1-10(16-11(2)21-12(3)19-16)18-14-6-4-13(5-7-14)15-8-9-17-20-15/h4-10,18H,1-3H3,(H,17,20). The fraction of sp³-hybridized carbons (Fsp3) is 0.250. The second-order valence-corrected chi connectivity index (χ2v) is 6.50. The molecule has 0 fully saturated rings. The average Bonchev–Trinajstić information content (AvgIpc) is 3.09. The molecule has 0 aliphatic carbocycles. The van der Waals surface area contributed by atoms with E-state index in [1.54, 1.807) is 17.5 Å². The first-order valence-corrected chi connectivity index (χ1v) is 7.75. The van der Waals surface area contributed by atoms with Crippen LogP contribution >= 0.6 is 11.3 Å². The van der Waals surface area contributed by atoms with Gasteiger partial charge in [-0.1, -0.05) is 12.1 Å². The van der Waals surface area contributed by atoms with Gasteiger partial charge in [-0.3, -0.25) is 5.10 Å². The Labute approximate surface area is 128 Å². The van der Waals surface area contributed by atoms with Crippen molar-refractivity contribution in [3.05, 3.63) is 52.1 Å². The minimum atomic E-state index is 0.202. The molecule has 2 N–H and O–H groups in total. The lowest BCUT2D eigenvalue weighted by atomic mass is 10.1. The number of hydrogen-bond donors (Lipinski definition) is 2. The minimum absolute atomic E-state index is 0.202. The van der Waals surface area contributed by atoms with Crippen molar-refractivity contribution in [3.8, 4) is 11.3 Å². The quantitative estimate of drug-likeness (QED) is 0.754. The van der Waals surface area contributed by atoms with E-state index in [0.717, 1.165) is 27.6 Å². The van der Waals surface area contributed by atoms with Crippen LogP contribution in [-0.2, 0) is 0 Å². The van der Waals surface area contributed by atoms with E-state index in [2.05, 4.69) is 58.6 Å². The molecule has 0 aliphatic heterocycles. The first-order valence-electron chi connectivity index (χ1n) is 6.94. The molecule has 21 heavy (non-hydrogen) atoms. The van der Waals surface area contributed by atoms with Crippen LogP contribution in [-0.4, -0.2) is 15.2 Å². The molecule has 4 nitrogen and oxygen atoms in total. The van der Waals surface area contributed by atoms with Crippen LogP contribution in [0.5, 0.6) is 0 Å². The first-order chi connectivity index (χ1) is 10.1. The molecule has 1 unspecified atom stereocenters. The third-order valence-electron chi connectivity index (χ3n) is 3.43.